The van der Waals surface area contributed by atoms with Crippen molar-refractivity contribution in [2.75, 3.05) is 5.88 Å². The SMILES string of the molecule is CC(CCl)CC1C=CCCC1. The van der Waals surface area contributed by atoms with E-state index in [2.05, 4.69) is 19.1 Å². The molecular formula is C10H17Cl. The number of alkyl halides is 1. The highest BCUT2D eigenvalue weighted by atomic mass is 35.5. The topological polar surface area (TPSA) is 0 Å². The van der Waals surface area contributed by atoms with Gasteiger partial charge in [0, 0.05) is 5.88 Å². The van der Waals surface area contributed by atoms with Crippen molar-refractivity contribution in [3.8, 4) is 0 Å². The summed E-state index contributed by atoms with van der Waals surface area (Å²) < 4.78 is 0. The van der Waals surface area contributed by atoms with Crippen LogP contribution in [0.25, 0.3) is 0 Å². The second kappa shape index (κ2) is 4.82. The average molecular weight is 173 g/mol. The molecule has 0 aromatic carbocycles. The minimum Gasteiger partial charge on any atom is -0.126 e. The van der Waals surface area contributed by atoms with Gasteiger partial charge in [0.2, 0.25) is 0 Å². The summed E-state index contributed by atoms with van der Waals surface area (Å²) in [4.78, 5) is 0. The van der Waals surface area contributed by atoms with E-state index in [0.29, 0.717) is 5.92 Å². The van der Waals surface area contributed by atoms with Crippen LogP contribution in [0.3, 0.4) is 0 Å². The summed E-state index contributed by atoms with van der Waals surface area (Å²) in [6.45, 7) is 2.23. The van der Waals surface area contributed by atoms with Crippen molar-refractivity contribution >= 4 is 11.6 Å². The Labute approximate surface area is 74.6 Å². The molecule has 2 unspecified atom stereocenters. The largest absolute Gasteiger partial charge is 0.126 e. The first kappa shape index (κ1) is 9.12. The maximum absolute atomic E-state index is 5.75. The molecule has 0 radical (unpaired) electrons. The van der Waals surface area contributed by atoms with Crippen molar-refractivity contribution in [3.63, 3.8) is 0 Å². The summed E-state index contributed by atoms with van der Waals surface area (Å²) in [5.74, 6) is 2.31. The summed E-state index contributed by atoms with van der Waals surface area (Å²) in [6.07, 6.45) is 9.99. The quantitative estimate of drug-likeness (QED) is 0.451. The Kier molecular flexibility index (Phi) is 3.99. The Hall–Kier alpha value is 0.0300. The third-order valence-electron chi connectivity index (χ3n) is 2.32. The van der Waals surface area contributed by atoms with Gasteiger partial charge in [-0.25, -0.2) is 0 Å². The first-order valence-electron chi connectivity index (χ1n) is 4.55. The van der Waals surface area contributed by atoms with Crippen molar-refractivity contribution in [1.29, 1.82) is 0 Å². The minimum atomic E-state index is 0.685. The first-order valence-corrected chi connectivity index (χ1v) is 5.09. The molecule has 0 N–H and O–H groups in total. The van der Waals surface area contributed by atoms with Crippen LogP contribution >= 0.6 is 11.6 Å². The molecule has 64 valence electrons. The van der Waals surface area contributed by atoms with Gasteiger partial charge in [0.15, 0.2) is 0 Å². The highest BCUT2D eigenvalue weighted by Crippen LogP contribution is 2.24. The maximum Gasteiger partial charge on any atom is 0.0249 e. The molecule has 0 aromatic rings. The van der Waals surface area contributed by atoms with Gasteiger partial charge in [-0.05, 0) is 37.5 Å². The zero-order valence-electron chi connectivity index (χ0n) is 7.22. The Morgan fingerprint density at radius 2 is 2.45 bits per heavy atom. The van der Waals surface area contributed by atoms with E-state index in [0.717, 1.165) is 11.8 Å². The van der Waals surface area contributed by atoms with Crippen molar-refractivity contribution in [2.45, 2.75) is 32.6 Å². The van der Waals surface area contributed by atoms with Gasteiger partial charge in [-0.2, -0.15) is 0 Å². The maximum atomic E-state index is 5.75. The number of hydrogen-bond donors (Lipinski definition) is 0. The van der Waals surface area contributed by atoms with Crippen LogP contribution in [0.4, 0.5) is 0 Å². The molecule has 0 aliphatic heterocycles. The van der Waals surface area contributed by atoms with Crippen LogP contribution in [0.15, 0.2) is 12.2 Å². The van der Waals surface area contributed by atoms with Crippen LogP contribution in [0.5, 0.6) is 0 Å². The first-order chi connectivity index (χ1) is 5.33. The Morgan fingerprint density at radius 1 is 1.64 bits per heavy atom. The highest BCUT2D eigenvalue weighted by molar-refractivity contribution is 6.18. The molecule has 0 saturated carbocycles. The van der Waals surface area contributed by atoms with Gasteiger partial charge in [-0.15, -0.1) is 11.6 Å². The van der Waals surface area contributed by atoms with Crippen LogP contribution in [0.1, 0.15) is 32.6 Å². The molecule has 0 saturated heterocycles. The molecule has 0 heterocycles. The molecule has 0 amide bonds. The molecule has 1 aliphatic carbocycles. The molecular weight excluding hydrogens is 156 g/mol. The molecule has 0 aromatic heterocycles. The molecule has 0 fully saturated rings. The predicted molar refractivity (Wildman–Crippen MR) is 51.0 cm³/mol. The van der Waals surface area contributed by atoms with E-state index < -0.39 is 0 Å². The van der Waals surface area contributed by atoms with Gasteiger partial charge >= 0.3 is 0 Å². The molecule has 2 atom stereocenters. The monoisotopic (exact) mass is 172 g/mol. The summed E-state index contributed by atoms with van der Waals surface area (Å²) in [5.41, 5.74) is 0. The van der Waals surface area contributed by atoms with Gasteiger partial charge in [-0.3, -0.25) is 0 Å². The van der Waals surface area contributed by atoms with Crippen LogP contribution in [0, 0.1) is 11.8 Å². The molecule has 1 rings (SSSR count). The van der Waals surface area contributed by atoms with E-state index in [1.54, 1.807) is 0 Å². The summed E-state index contributed by atoms with van der Waals surface area (Å²) in [7, 11) is 0. The standard InChI is InChI=1S/C10H17Cl/c1-9(8-11)7-10-5-3-2-4-6-10/h3,5,9-10H,2,4,6-8H2,1H3. The Morgan fingerprint density at radius 3 is 3.00 bits per heavy atom. The third kappa shape index (κ3) is 3.29. The molecule has 1 heteroatoms. The Balaban J connectivity index is 2.24. The Bertz CT molecular complexity index is 129. The van der Waals surface area contributed by atoms with Crippen molar-refractivity contribution < 1.29 is 0 Å². The van der Waals surface area contributed by atoms with E-state index in [4.69, 9.17) is 11.6 Å². The fourth-order valence-corrected chi connectivity index (χ4v) is 1.79. The smallest absolute Gasteiger partial charge is 0.0249 e. The van der Waals surface area contributed by atoms with Crippen LogP contribution in [0.2, 0.25) is 0 Å². The molecule has 0 nitrogen and oxygen atoms in total. The average Bonchev–Trinajstić information content (AvgIpc) is 2.06. The fraction of sp³-hybridized carbons (Fsp3) is 0.800. The summed E-state index contributed by atoms with van der Waals surface area (Å²) >= 11 is 5.75. The van der Waals surface area contributed by atoms with Gasteiger partial charge in [-0.1, -0.05) is 19.1 Å². The normalized spacial score (nSPS) is 26.9. The van der Waals surface area contributed by atoms with Crippen LogP contribution in [-0.2, 0) is 0 Å². The number of hydrogen-bond acceptors (Lipinski definition) is 0. The molecule has 0 bridgehead atoms. The lowest BCUT2D eigenvalue weighted by Gasteiger charge is -2.18. The zero-order valence-corrected chi connectivity index (χ0v) is 7.98. The molecule has 11 heavy (non-hydrogen) atoms. The molecule has 0 spiro atoms. The van der Waals surface area contributed by atoms with Gasteiger partial charge in [0.25, 0.3) is 0 Å². The van der Waals surface area contributed by atoms with E-state index >= 15 is 0 Å². The van der Waals surface area contributed by atoms with E-state index in [1.165, 1.54) is 25.7 Å². The number of rotatable bonds is 3. The lowest BCUT2D eigenvalue weighted by molar-refractivity contribution is 0.434. The number of allylic oxidation sites excluding steroid dienone is 2. The van der Waals surface area contributed by atoms with E-state index in [1.807, 2.05) is 0 Å². The summed E-state index contributed by atoms with van der Waals surface area (Å²) in [6, 6.07) is 0. The summed E-state index contributed by atoms with van der Waals surface area (Å²) in [5, 5.41) is 0. The van der Waals surface area contributed by atoms with Crippen LogP contribution in [-0.4, -0.2) is 5.88 Å². The van der Waals surface area contributed by atoms with Crippen molar-refractivity contribution in [1.82, 2.24) is 0 Å². The highest BCUT2D eigenvalue weighted by Gasteiger charge is 2.11. The van der Waals surface area contributed by atoms with Gasteiger partial charge in [0.1, 0.15) is 0 Å². The second-order valence-corrected chi connectivity index (χ2v) is 3.92. The molecule has 1 aliphatic rings. The zero-order chi connectivity index (χ0) is 8.10. The van der Waals surface area contributed by atoms with E-state index in [9.17, 15) is 0 Å². The minimum absolute atomic E-state index is 0.685. The van der Waals surface area contributed by atoms with Crippen molar-refractivity contribution in [2.24, 2.45) is 11.8 Å². The van der Waals surface area contributed by atoms with Crippen LogP contribution < -0.4 is 0 Å². The fourth-order valence-electron chi connectivity index (χ4n) is 1.66. The number of halogens is 1. The van der Waals surface area contributed by atoms with Gasteiger partial charge < -0.3 is 0 Å². The second-order valence-electron chi connectivity index (χ2n) is 3.61. The third-order valence-corrected chi connectivity index (χ3v) is 2.85. The lowest BCUT2D eigenvalue weighted by Crippen LogP contribution is -2.07. The predicted octanol–water partition coefficient (Wildman–Crippen LogP) is 3.61. The van der Waals surface area contributed by atoms with Crippen molar-refractivity contribution in [3.05, 3.63) is 12.2 Å². The van der Waals surface area contributed by atoms with Gasteiger partial charge in [0.05, 0.1) is 0 Å². The lowest BCUT2D eigenvalue weighted by atomic mass is 9.89. The van der Waals surface area contributed by atoms with E-state index in [-0.39, 0.29) is 0 Å².